The van der Waals surface area contributed by atoms with E-state index in [1.807, 2.05) is 29.1 Å². The predicted octanol–water partition coefficient (Wildman–Crippen LogP) is 4.17. The highest BCUT2D eigenvalue weighted by Gasteiger charge is 2.20. The van der Waals surface area contributed by atoms with Crippen LogP contribution in [0.1, 0.15) is 43.0 Å². The van der Waals surface area contributed by atoms with E-state index in [9.17, 15) is 4.79 Å². The number of rotatable bonds is 6. The first-order valence-electron chi connectivity index (χ1n) is 8.90. The number of hydrogen-bond donors (Lipinski definition) is 1. The Balaban J connectivity index is 1.32. The number of carbonyl (C=O) groups is 1. The van der Waals surface area contributed by atoms with Gasteiger partial charge < -0.3 is 4.57 Å². The van der Waals surface area contributed by atoms with Crippen LogP contribution in [-0.4, -0.2) is 36.6 Å². The molecule has 3 aromatic rings. The number of thioether (sulfide) groups is 1. The summed E-state index contributed by atoms with van der Waals surface area (Å²) in [4.78, 5) is 13.3. The summed E-state index contributed by atoms with van der Waals surface area (Å²) in [6, 6.07) is 3.99. The second-order valence-electron chi connectivity index (χ2n) is 6.46. The van der Waals surface area contributed by atoms with Crippen LogP contribution in [0.15, 0.2) is 22.7 Å². The molecule has 27 heavy (non-hydrogen) atoms. The van der Waals surface area contributed by atoms with Gasteiger partial charge in [-0.25, -0.2) is 0 Å². The summed E-state index contributed by atoms with van der Waals surface area (Å²) in [5.41, 5.74) is 0. The average Bonchev–Trinajstić information content (AvgIpc) is 3.42. The van der Waals surface area contributed by atoms with Gasteiger partial charge in [0.25, 0.3) is 0 Å². The van der Waals surface area contributed by atoms with E-state index in [0.717, 1.165) is 15.7 Å². The van der Waals surface area contributed by atoms with Crippen LogP contribution in [0.25, 0.3) is 10.7 Å². The number of carbonyl (C=O) groups excluding carboxylic acids is 1. The molecular weight excluding hydrogens is 400 g/mol. The highest BCUT2D eigenvalue weighted by molar-refractivity contribution is 7.99. The molecule has 1 aliphatic carbocycles. The molecule has 0 aromatic carbocycles. The van der Waals surface area contributed by atoms with Crippen molar-refractivity contribution in [2.45, 2.75) is 43.2 Å². The molecule has 0 aliphatic heterocycles. The van der Waals surface area contributed by atoms with Crippen molar-refractivity contribution in [2.75, 3.05) is 11.1 Å². The molecule has 3 aromatic heterocycles. The molecule has 7 nitrogen and oxygen atoms in total. The molecule has 0 atom stereocenters. The monoisotopic (exact) mass is 420 g/mol. The molecule has 1 N–H and O–H groups in total. The molecular formula is C17H20N6OS3. The maximum Gasteiger partial charge on any atom is 0.236 e. The van der Waals surface area contributed by atoms with Gasteiger partial charge in [-0.2, -0.15) is 0 Å². The summed E-state index contributed by atoms with van der Waals surface area (Å²) < 4.78 is 1.91. The number of anilines is 1. The Morgan fingerprint density at radius 1 is 1.26 bits per heavy atom. The molecule has 1 fully saturated rings. The maximum atomic E-state index is 12.3. The van der Waals surface area contributed by atoms with E-state index in [-0.39, 0.29) is 11.7 Å². The van der Waals surface area contributed by atoms with Gasteiger partial charge in [-0.3, -0.25) is 10.1 Å². The number of amides is 1. The van der Waals surface area contributed by atoms with Gasteiger partial charge in [-0.05, 0) is 24.3 Å². The van der Waals surface area contributed by atoms with E-state index in [1.54, 1.807) is 11.3 Å². The normalized spacial score (nSPS) is 15.1. The summed E-state index contributed by atoms with van der Waals surface area (Å²) in [6.45, 7) is 0. The summed E-state index contributed by atoms with van der Waals surface area (Å²) >= 11 is 4.48. The molecule has 1 amide bonds. The standard InChI is InChI=1S/C17H20N6OS3/c1-23-14(12-8-5-9-25-12)19-22-17(23)26-10-13(24)18-16-21-20-15(27-16)11-6-3-2-4-7-11/h5,8-9,11H,2-4,6-7,10H2,1H3,(H,18,21,24). The van der Waals surface area contributed by atoms with Gasteiger partial charge in [0.2, 0.25) is 11.0 Å². The highest BCUT2D eigenvalue weighted by Crippen LogP contribution is 2.35. The minimum absolute atomic E-state index is 0.105. The summed E-state index contributed by atoms with van der Waals surface area (Å²) in [6.07, 6.45) is 6.18. The Kier molecular flexibility index (Phi) is 5.84. The van der Waals surface area contributed by atoms with Gasteiger partial charge in [0.05, 0.1) is 10.6 Å². The fourth-order valence-corrected chi connectivity index (χ4v) is 5.53. The number of aromatic nitrogens is 5. The first-order valence-corrected chi connectivity index (χ1v) is 11.6. The molecule has 0 spiro atoms. The van der Waals surface area contributed by atoms with Crippen molar-refractivity contribution >= 4 is 45.5 Å². The van der Waals surface area contributed by atoms with E-state index in [2.05, 4.69) is 25.7 Å². The summed E-state index contributed by atoms with van der Waals surface area (Å²) in [5, 5.41) is 24.0. The fourth-order valence-electron chi connectivity index (χ4n) is 3.15. The third kappa shape index (κ3) is 4.39. The van der Waals surface area contributed by atoms with Crippen molar-refractivity contribution in [3.63, 3.8) is 0 Å². The van der Waals surface area contributed by atoms with Crippen LogP contribution < -0.4 is 5.32 Å². The minimum Gasteiger partial charge on any atom is -0.304 e. The van der Waals surface area contributed by atoms with Gasteiger partial charge in [0.1, 0.15) is 5.01 Å². The lowest BCUT2D eigenvalue weighted by Gasteiger charge is -2.18. The van der Waals surface area contributed by atoms with Crippen molar-refractivity contribution in [3.05, 3.63) is 22.5 Å². The molecule has 0 bridgehead atoms. The molecule has 4 rings (SSSR count). The number of nitrogens with zero attached hydrogens (tertiary/aromatic N) is 5. The van der Waals surface area contributed by atoms with Crippen LogP contribution in [-0.2, 0) is 11.8 Å². The predicted molar refractivity (Wildman–Crippen MR) is 109 cm³/mol. The Labute approximate surface area is 169 Å². The van der Waals surface area contributed by atoms with E-state index < -0.39 is 0 Å². The molecule has 1 saturated carbocycles. The number of nitrogens with one attached hydrogen (secondary N) is 1. The van der Waals surface area contributed by atoms with Crippen LogP contribution in [0.3, 0.4) is 0 Å². The van der Waals surface area contributed by atoms with Gasteiger partial charge in [-0.15, -0.1) is 31.7 Å². The van der Waals surface area contributed by atoms with Gasteiger partial charge >= 0.3 is 0 Å². The summed E-state index contributed by atoms with van der Waals surface area (Å²) in [5.74, 6) is 1.47. The molecule has 0 radical (unpaired) electrons. The number of thiophene rings is 1. The average molecular weight is 421 g/mol. The Morgan fingerprint density at radius 2 is 2.11 bits per heavy atom. The molecule has 142 valence electrons. The van der Waals surface area contributed by atoms with Crippen LogP contribution >= 0.6 is 34.4 Å². The van der Waals surface area contributed by atoms with Crippen molar-refractivity contribution < 1.29 is 4.79 Å². The Hall–Kier alpha value is -1.78. The lowest BCUT2D eigenvalue weighted by molar-refractivity contribution is -0.113. The van der Waals surface area contributed by atoms with E-state index in [0.29, 0.717) is 16.2 Å². The minimum atomic E-state index is -0.105. The van der Waals surface area contributed by atoms with E-state index in [1.165, 1.54) is 55.2 Å². The van der Waals surface area contributed by atoms with Gasteiger partial charge in [-0.1, -0.05) is 48.4 Å². The van der Waals surface area contributed by atoms with E-state index in [4.69, 9.17) is 0 Å². The molecule has 3 heterocycles. The second kappa shape index (κ2) is 8.49. The first kappa shape index (κ1) is 18.6. The first-order chi connectivity index (χ1) is 13.2. The van der Waals surface area contributed by atoms with Crippen molar-refractivity contribution in [1.82, 2.24) is 25.0 Å². The van der Waals surface area contributed by atoms with Crippen LogP contribution in [0.4, 0.5) is 5.13 Å². The third-order valence-electron chi connectivity index (χ3n) is 4.55. The lowest BCUT2D eigenvalue weighted by Crippen LogP contribution is -2.14. The lowest BCUT2D eigenvalue weighted by atomic mass is 9.90. The molecule has 0 saturated heterocycles. The van der Waals surface area contributed by atoms with Crippen molar-refractivity contribution in [3.8, 4) is 10.7 Å². The van der Waals surface area contributed by atoms with Crippen LogP contribution in [0.5, 0.6) is 0 Å². The third-order valence-corrected chi connectivity index (χ3v) is 7.44. The molecule has 10 heteroatoms. The van der Waals surface area contributed by atoms with Gasteiger partial charge in [0, 0.05) is 13.0 Å². The topological polar surface area (TPSA) is 85.6 Å². The zero-order valence-corrected chi connectivity index (χ0v) is 17.4. The Morgan fingerprint density at radius 3 is 2.89 bits per heavy atom. The van der Waals surface area contributed by atoms with Crippen molar-refractivity contribution in [1.29, 1.82) is 0 Å². The van der Waals surface area contributed by atoms with Crippen LogP contribution in [0.2, 0.25) is 0 Å². The molecule has 0 unspecified atom stereocenters. The fraction of sp³-hybridized carbons (Fsp3) is 0.471. The van der Waals surface area contributed by atoms with E-state index >= 15 is 0 Å². The van der Waals surface area contributed by atoms with Crippen LogP contribution in [0, 0.1) is 0 Å². The second-order valence-corrected chi connectivity index (χ2v) is 9.36. The number of hydrogen-bond acceptors (Lipinski definition) is 8. The Bertz CT molecular complexity index is 898. The quantitative estimate of drug-likeness (QED) is 0.602. The zero-order valence-electron chi connectivity index (χ0n) is 14.9. The maximum absolute atomic E-state index is 12.3. The molecule has 1 aliphatic rings. The van der Waals surface area contributed by atoms with Crippen molar-refractivity contribution in [2.24, 2.45) is 7.05 Å². The summed E-state index contributed by atoms with van der Waals surface area (Å²) in [7, 11) is 1.91. The van der Waals surface area contributed by atoms with Gasteiger partial charge in [0.15, 0.2) is 11.0 Å². The SMILES string of the molecule is Cn1c(SCC(=O)Nc2nnc(C3CCCCC3)s2)nnc1-c1cccs1. The highest BCUT2D eigenvalue weighted by atomic mass is 32.2. The smallest absolute Gasteiger partial charge is 0.236 e. The largest absolute Gasteiger partial charge is 0.304 e. The zero-order chi connectivity index (χ0) is 18.6.